The van der Waals surface area contributed by atoms with E-state index in [0.717, 1.165) is 12.1 Å². The Bertz CT molecular complexity index is 470. The van der Waals surface area contributed by atoms with E-state index < -0.39 is 29.6 Å². The highest BCUT2D eigenvalue weighted by atomic mass is 19.4. The number of amides is 1. The molecule has 92 valence electrons. The molecule has 0 unspecified atom stereocenters. The highest BCUT2D eigenvalue weighted by molar-refractivity contribution is 5.96. The molecule has 0 fully saturated rings. The molecule has 0 aliphatic carbocycles. The lowest BCUT2D eigenvalue weighted by molar-refractivity contribution is -0.274. The summed E-state index contributed by atoms with van der Waals surface area (Å²) in [6, 6.07) is 2.43. The van der Waals surface area contributed by atoms with Crippen LogP contribution in [0, 0.1) is 0 Å². The number of aromatic carboxylic acids is 1. The molecule has 5 nitrogen and oxygen atoms in total. The minimum absolute atomic E-state index is 0.283. The Hall–Kier alpha value is -2.25. The lowest BCUT2D eigenvalue weighted by Crippen LogP contribution is -2.20. The maximum Gasteiger partial charge on any atom is 0.573 e. The van der Waals surface area contributed by atoms with Gasteiger partial charge in [-0.1, -0.05) is 0 Å². The number of alkyl halides is 3. The molecule has 0 atom stereocenters. The zero-order valence-corrected chi connectivity index (χ0v) is 8.12. The molecule has 0 saturated heterocycles. The molecule has 0 radical (unpaired) electrons. The van der Waals surface area contributed by atoms with Crippen molar-refractivity contribution in [1.82, 2.24) is 0 Å². The summed E-state index contributed by atoms with van der Waals surface area (Å²) in [6.07, 6.45) is -5.06. The highest BCUT2D eigenvalue weighted by Gasteiger charge is 2.33. The predicted molar refractivity (Wildman–Crippen MR) is 48.6 cm³/mol. The summed E-state index contributed by atoms with van der Waals surface area (Å²) in [6.45, 7) is 0. The van der Waals surface area contributed by atoms with Crippen LogP contribution in [-0.2, 0) is 0 Å². The van der Waals surface area contributed by atoms with E-state index in [1.54, 1.807) is 0 Å². The number of primary amides is 1. The Morgan fingerprint density at radius 2 is 1.88 bits per heavy atom. The summed E-state index contributed by atoms with van der Waals surface area (Å²) in [5.41, 5.74) is 3.85. The van der Waals surface area contributed by atoms with Gasteiger partial charge < -0.3 is 15.6 Å². The normalized spacial score (nSPS) is 11.0. The molecule has 0 aromatic heterocycles. The van der Waals surface area contributed by atoms with Crippen LogP contribution < -0.4 is 10.5 Å². The first-order valence-electron chi connectivity index (χ1n) is 4.13. The van der Waals surface area contributed by atoms with Crippen molar-refractivity contribution < 1.29 is 32.6 Å². The highest BCUT2D eigenvalue weighted by Crippen LogP contribution is 2.27. The first-order valence-corrected chi connectivity index (χ1v) is 4.13. The summed E-state index contributed by atoms with van der Waals surface area (Å²) in [4.78, 5) is 21.4. The molecule has 3 N–H and O–H groups in total. The number of rotatable bonds is 3. The van der Waals surface area contributed by atoms with E-state index in [4.69, 9.17) is 10.8 Å². The summed E-state index contributed by atoms with van der Waals surface area (Å²) in [5.74, 6) is -3.59. The second-order valence-corrected chi connectivity index (χ2v) is 2.93. The molecular weight excluding hydrogens is 243 g/mol. The van der Waals surface area contributed by atoms with Crippen molar-refractivity contribution in [3.63, 3.8) is 0 Å². The first kappa shape index (κ1) is 12.8. The van der Waals surface area contributed by atoms with E-state index in [0.29, 0.717) is 6.07 Å². The monoisotopic (exact) mass is 249 g/mol. The molecule has 0 saturated carbocycles. The Morgan fingerprint density at radius 3 is 2.29 bits per heavy atom. The van der Waals surface area contributed by atoms with Crippen LogP contribution in [0.1, 0.15) is 20.7 Å². The Balaban J connectivity index is 3.25. The molecule has 0 spiro atoms. The Labute approximate surface area is 92.6 Å². The van der Waals surface area contributed by atoms with Gasteiger partial charge in [0.1, 0.15) is 11.3 Å². The summed E-state index contributed by atoms with van der Waals surface area (Å²) >= 11 is 0. The van der Waals surface area contributed by atoms with E-state index in [2.05, 4.69) is 4.74 Å². The number of nitrogens with two attached hydrogens (primary N) is 1. The number of carboxylic acids is 1. The van der Waals surface area contributed by atoms with Crippen molar-refractivity contribution in [3.8, 4) is 5.75 Å². The van der Waals surface area contributed by atoms with Crippen LogP contribution >= 0.6 is 0 Å². The molecule has 1 amide bonds. The third kappa shape index (κ3) is 3.37. The standard InChI is InChI=1S/C9H6F3NO4/c10-9(11,12)17-6-3-4(7(13)14)1-2-5(6)8(15)16/h1-3H,(H2,13,14)(H,15,16). The lowest BCUT2D eigenvalue weighted by atomic mass is 10.1. The molecule has 0 aliphatic rings. The van der Waals surface area contributed by atoms with E-state index in [1.807, 2.05) is 0 Å². The van der Waals surface area contributed by atoms with Gasteiger partial charge in [-0.05, 0) is 18.2 Å². The minimum atomic E-state index is -5.06. The van der Waals surface area contributed by atoms with Gasteiger partial charge in [-0.2, -0.15) is 0 Å². The molecule has 0 bridgehead atoms. The van der Waals surface area contributed by atoms with Gasteiger partial charge >= 0.3 is 12.3 Å². The fourth-order valence-corrected chi connectivity index (χ4v) is 1.06. The fourth-order valence-electron chi connectivity index (χ4n) is 1.06. The fraction of sp³-hybridized carbons (Fsp3) is 0.111. The SMILES string of the molecule is NC(=O)c1ccc(C(=O)O)c(OC(F)(F)F)c1. The zero-order chi connectivity index (χ0) is 13.2. The first-order chi connectivity index (χ1) is 7.70. The van der Waals surface area contributed by atoms with Gasteiger partial charge in [-0.3, -0.25) is 4.79 Å². The van der Waals surface area contributed by atoms with Gasteiger partial charge in [-0.15, -0.1) is 13.2 Å². The number of hydrogen-bond donors (Lipinski definition) is 2. The third-order valence-electron chi connectivity index (χ3n) is 1.72. The lowest BCUT2D eigenvalue weighted by Gasteiger charge is -2.11. The number of carbonyl (C=O) groups excluding carboxylic acids is 1. The largest absolute Gasteiger partial charge is 0.573 e. The smallest absolute Gasteiger partial charge is 0.478 e. The van der Waals surface area contributed by atoms with Crippen LogP contribution in [0.5, 0.6) is 5.75 Å². The number of benzene rings is 1. The van der Waals surface area contributed by atoms with Crippen LogP contribution in [0.15, 0.2) is 18.2 Å². The molecule has 1 rings (SSSR count). The van der Waals surface area contributed by atoms with Gasteiger partial charge in [0.15, 0.2) is 0 Å². The Morgan fingerprint density at radius 1 is 1.29 bits per heavy atom. The van der Waals surface area contributed by atoms with E-state index in [1.165, 1.54) is 0 Å². The molecule has 1 aromatic rings. The Kier molecular flexibility index (Phi) is 3.26. The average molecular weight is 249 g/mol. The summed E-state index contributed by atoms with van der Waals surface area (Å²) in [7, 11) is 0. The second-order valence-electron chi connectivity index (χ2n) is 2.93. The van der Waals surface area contributed by atoms with Crippen LogP contribution in [0.4, 0.5) is 13.2 Å². The maximum absolute atomic E-state index is 12.0. The molecule has 8 heteroatoms. The van der Waals surface area contributed by atoms with E-state index in [9.17, 15) is 22.8 Å². The molecule has 0 heterocycles. The molecule has 17 heavy (non-hydrogen) atoms. The topological polar surface area (TPSA) is 89.6 Å². The predicted octanol–water partition coefficient (Wildman–Crippen LogP) is 1.38. The van der Waals surface area contributed by atoms with Gasteiger partial charge in [0.2, 0.25) is 5.91 Å². The third-order valence-corrected chi connectivity index (χ3v) is 1.72. The van der Waals surface area contributed by atoms with E-state index >= 15 is 0 Å². The van der Waals surface area contributed by atoms with Crippen molar-refractivity contribution in [2.75, 3.05) is 0 Å². The molecule has 1 aromatic carbocycles. The quantitative estimate of drug-likeness (QED) is 0.846. The summed E-state index contributed by atoms with van der Waals surface area (Å²) < 4.78 is 39.5. The van der Waals surface area contributed by atoms with Crippen molar-refractivity contribution in [2.24, 2.45) is 5.73 Å². The molecular formula is C9H6F3NO4. The van der Waals surface area contributed by atoms with Crippen molar-refractivity contribution in [3.05, 3.63) is 29.3 Å². The maximum atomic E-state index is 12.0. The van der Waals surface area contributed by atoms with Crippen LogP contribution in [0.2, 0.25) is 0 Å². The van der Waals surface area contributed by atoms with Crippen LogP contribution in [0.25, 0.3) is 0 Å². The van der Waals surface area contributed by atoms with Crippen molar-refractivity contribution in [2.45, 2.75) is 6.36 Å². The van der Waals surface area contributed by atoms with Gasteiger partial charge in [-0.25, -0.2) is 4.79 Å². The number of ether oxygens (including phenoxy) is 1. The van der Waals surface area contributed by atoms with Crippen LogP contribution in [-0.4, -0.2) is 23.3 Å². The summed E-state index contributed by atoms with van der Waals surface area (Å²) in [5, 5.41) is 8.63. The number of hydrogen-bond acceptors (Lipinski definition) is 3. The van der Waals surface area contributed by atoms with Crippen molar-refractivity contribution >= 4 is 11.9 Å². The van der Waals surface area contributed by atoms with E-state index in [-0.39, 0.29) is 5.56 Å². The second kappa shape index (κ2) is 4.32. The van der Waals surface area contributed by atoms with Gasteiger partial charge in [0.25, 0.3) is 0 Å². The van der Waals surface area contributed by atoms with Crippen LogP contribution in [0.3, 0.4) is 0 Å². The van der Waals surface area contributed by atoms with Crippen molar-refractivity contribution in [1.29, 1.82) is 0 Å². The minimum Gasteiger partial charge on any atom is -0.478 e. The number of carbonyl (C=O) groups is 2. The average Bonchev–Trinajstić information content (AvgIpc) is 2.14. The van der Waals surface area contributed by atoms with Gasteiger partial charge in [0.05, 0.1) is 0 Å². The molecule has 0 aliphatic heterocycles. The number of halogens is 3. The van der Waals surface area contributed by atoms with Gasteiger partial charge in [0, 0.05) is 5.56 Å². The number of carboxylic acid groups (broad SMARTS) is 1. The zero-order valence-electron chi connectivity index (χ0n) is 8.12.